The van der Waals surface area contributed by atoms with E-state index in [1.54, 1.807) is 12.1 Å². The molecule has 0 saturated heterocycles. The number of nitro groups is 1. The van der Waals surface area contributed by atoms with Gasteiger partial charge in [0.2, 0.25) is 0 Å². The Morgan fingerprint density at radius 1 is 1.22 bits per heavy atom. The molecule has 1 heterocycles. The third-order valence-electron chi connectivity index (χ3n) is 5.39. The second-order valence-corrected chi connectivity index (χ2v) is 7.45. The average Bonchev–Trinajstić information content (AvgIpc) is 2.97. The fourth-order valence-electron chi connectivity index (χ4n) is 3.58. The number of azo groups is 1. The quantitative estimate of drug-likeness (QED) is 0.416. The van der Waals surface area contributed by atoms with Crippen molar-refractivity contribution in [3.8, 4) is 0 Å². The molecule has 2 aromatic carbocycles. The molecule has 0 amide bonds. The molecule has 2 aromatic rings. The van der Waals surface area contributed by atoms with Gasteiger partial charge < -0.3 is 14.8 Å². The van der Waals surface area contributed by atoms with E-state index in [0.29, 0.717) is 0 Å². The van der Waals surface area contributed by atoms with Crippen molar-refractivity contribution in [3.05, 3.63) is 57.6 Å². The summed E-state index contributed by atoms with van der Waals surface area (Å²) in [5, 5.41) is 32.1. The van der Waals surface area contributed by atoms with E-state index in [4.69, 9.17) is 9.90 Å². The van der Waals surface area contributed by atoms with Crippen LogP contribution in [-0.2, 0) is 4.79 Å². The number of rotatable bonds is 6. The van der Waals surface area contributed by atoms with Crippen molar-refractivity contribution in [1.29, 1.82) is 0 Å². The summed E-state index contributed by atoms with van der Waals surface area (Å²) in [5.41, 5.74) is 4.89. The number of aryl methyl sites for hydroxylation is 1. The number of aliphatic carboxylic acids is 1. The van der Waals surface area contributed by atoms with Gasteiger partial charge in [-0.25, -0.2) is 5.01 Å². The molecular weight excluding hydrogens is 412 g/mol. The minimum atomic E-state index is -1.08. The predicted molar refractivity (Wildman–Crippen MR) is 120 cm³/mol. The number of nitrogens with zero attached hydrogens (tertiary/aromatic N) is 5. The zero-order chi connectivity index (χ0) is 24.0. The molecule has 0 fully saturated rings. The molecular formula is C22H30N6O4. The number of hydrogen-bond donors (Lipinski definition) is 1. The molecule has 2 unspecified atom stereocenters. The van der Waals surface area contributed by atoms with Crippen LogP contribution in [0.15, 0.2) is 46.6 Å². The SMILES string of the molecule is CC(=O)[O-].CCN(CC)c1ccc(N=NC2c3cc([N+](=O)[O-])ccc3[NH+](C)N2C)c(C)c1. The lowest BCUT2D eigenvalue weighted by Crippen LogP contribution is -3.08. The van der Waals surface area contributed by atoms with E-state index in [-0.39, 0.29) is 16.8 Å². The monoisotopic (exact) mass is 442 g/mol. The van der Waals surface area contributed by atoms with Crippen molar-refractivity contribution in [3.63, 3.8) is 0 Å². The van der Waals surface area contributed by atoms with Crippen LogP contribution in [0.25, 0.3) is 0 Å². The summed E-state index contributed by atoms with van der Waals surface area (Å²) < 4.78 is 0. The van der Waals surface area contributed by atoms with E-state index < -0.39 is 5.97 Å². The van der Waals surface area contributed by atoms with Crippen LogP contribution in [-0.4, -0.2) is 43.1 Å². The van der Waals surface area contributed by atoms with Crippen molar-refractivity contribution in [2.45, 2.75) is 33.9 Å². The number of benzene rings is 2. The van der Waals surface area contributed by atoms with Crippen molar-refractivity contribution in [1.82, 2.24) is 5.01 Å². The van der Waals surface area contributed by atoms with Gasteiger partial charge in [0.15, 0.2) is 11.9 Å². The highest BCUT2D eigenvalue weighted by Gasteiger charge is 2.38. The molecule has 32 heavy (non-hydrogen) atoms. The number of nitrogens with one attached hydrogen (secondary N) is 1. The highest BCUT2D eigenvalue weighted by molar-refractivity contribution is 5.60. The van der Waals surface area contributed by atoms with Crippen molar-refractivity contribution in [2.24, 2.45) is 10.2 Å². The number of quaternary nitrogens is 1. The first-order valence-corrected chi connectivity index (χ1v) is 10.4. The fourth-order valence-corrected chi connectivity index (χ4v) is 3.58. The molecule has 1 aliphatic rings. The Hall–Kier alpha value is -3.37. The first-order chi connectivity index (χ1) is 15.1. The maximum absolute atomic E-state index is 11.2. The second kappa shape index (κ2) is 10.8. The van der Waals surface area contributed by atoms with Crippen molar-refractivity contribution < 1.29 is 19.8 Å². The van der Waals surface area contributed by atoms with Gasteiger partial charge in [-0.1, -0.05) is 0 Å². The van der Waals surface area contributed by atoms with Crippen LogP contribution >= 0.6 is 0 Å². The number of carboxylic acid groups (broad SMARTS) is 1. The number of carbonyl (C=O) groups is 1. The number of carboxylic acids is 1. The number of anilines is 1. The lowest BCUT2D eigenvalue weighted by atomic mass is 10.1. The highest BCUT2D eigenvalue weighted by atomic mass is 16.6. The van der Waals surface area contributed by atoms with Crippen LogP contribution < -0.4 is 15.0 Å². The van der Waals surface area contributed by atoms with E-state index in [1.807, 2.05) is 32.1 Å². The minimum Gasteiger partial charge on any atom is -0.550 e. The zero-order valence-corrected chi connectivity index (χ0v) is 19.3. The molecule has 172 valence electrons. The minimum absolute atomic E-state index is 0.0711. The smallest absolute Gasteiger partial charge is 0.270 e. The van der Waals surface area contributed by atoms with Gasteiger partial charge in [-0.3, -0.25) is 10.1 Å². The van der Waals surface area contributed by atoms with Crippen LogP contribution in [0.3, 0.4) is 0 Å². The Labute approximate surface area is 187 Å². The number of non-ortho nitro benzene ring substituents is 1. The van der Waals surface area contributed by atoms with Gasteiger partial charge in [-0.05, 0) is 51.5 Å². The highest BCUT2D eigenvalue weighted by Crippen LogP contribution is 2.34. The lowest BCUT2D eigenvalue weighted by molar-refractivity contribution is -0.934. The standard InChI is InChI=1S/C20H26N6O2.C2H4O2/c1-6-25(7-2)15-8-10-18(14(3)12-15)21-22-20-17-13-16(26(27)28)9-11-19(17)23(4)24(20)5;1-2(3)4/h8-13,20H,6-7H2,1-5H3;1H3,(H,3,4). The third-order valence-corrected chi connectivity index (χ3v) is 5.39. The molecule has 0 aromatic heterocycles. The van der Waals surface area contributed by atoms with Gasteiger partial charge in [-0.15, -0.1) is 5.01 Å². The van der Waals surface area contributed by atoms with Crippen LogP contribution in [0.2, 0.25) is 0 Å². The molecule has 0 bridgehead atoms. The van der Waals surface area contributed by atoms with Gasteiger partial charge in [0.1, 0.15) is 0 Å². The number of hydrogen-bond acceptors (Lipinski definition) is 8. The van der Waals surface area contributed by atoms with Crippen molar-refractivity contribution >= 4 is 28.7 Å². The molecule has 0 saturated carbocycles. The summed E-state index contributed by atoms with van der Waals surface area (Å²) in [6.07, 6.45) is -0.364. The lowest BCUT2D eigenvalue weighted by Gasteiger charge is -2.21. The van der Waals surface area contributed by atoms with Crippen LogP contribution in [0, 0.1) is 17.0 Å². The topological polar surface area (TPSA) is 119 Å². The van der Waals surface area contributed by atoms with Crippen LogP contribution in [0.5, 0.6) is 0 Å². The molecule has 1 aliphatic heterocycles. The molecule has 0 aliphatic carbocycles. The molecule has 10 nitrogen and oxygen atoms in total. The third kappa shape index (κ3) is 5.65. The van der Waals surface area contributed by atoms with E-state index in [0.717, 1.165) is 47.5 Å². The zero-order valence-electron chi connectivity index (χ0n) is 19.3. The molecule has 1 N–H and O–H groups in total. The summed E-state index contributed by atoms with van der Waals surface area (Å²) in [7, 11) is 3.92. The van der Waals surface area contributed by atoms with E-state index in [2.05, 4.69) is 41.1 Å². The van der Waals surface area contributed by atoms with E-state index in [9.17, 15) is 10.1 Å². The Bertz CT molecular complexity index is 1000. The maximum atomic E-state index is 11.2. The van der Waals surface area contributed by atoms with Crippen molar-refractivity contribution in [2.75, 3.05) is 32.1 Å². The summed E-state index contributed by atoms with van der Waals surface area (Å²) in [6.45, 7) is 9.17. The second-order valence-electron chi connectivity index (χ2n) is 7.45. The van der Waals surface area contributed by atoms with E-state index in [1.165, 1.54) is 11.8 Å². The Balaban J connectivity index is 0.000000837. The first kappa shape index (κ1) is 24.9. The maximum Gasteiger partial charge on any atom is 0.270 e. The van der Waals surface area contributed by atoms with Gasteiger partial charge in [-0.2, -0.15) is 10.2 Å². The molecule has 0 spiro atoms. The van der Waals surface area contributed by atoms with Gasteiger partial charge in [0.05, 0.1) is 23.2 Å². The normalized spacial score (nSPS) is 17.6. The summed E-state index contributed by atoms with van der Waals surface area (Å²) >= 11 is 0. The largest absolute Gasteiger partial charge is 0.550 e. The molecule has 0 radical (unpaired) electrons. The Morgan fingerprint density at radius 2 is 1.84 bits per heavy atom. The Kier molecular flexibility index (Phi) is 8.39. The van der Waals surface area contributed by atoms with Gasteiger partial charge >= 0.3 is 0 Å². The number of fused-ring (bicyclic) bond motifs is 1. The number of carbonyl (C=O) groups excluding carboxylic acids is 1. The van der Waals surface area contributed by atoms with Gasteiger partial charge in [0.25, 0.3) is 5.69 Å². The van der Waals surface area contributed by atoms with Crippen LogP contribution in [0.4, 0.5) is 22.7 Å². The summed E-state index contributed by atoms with van der Waals surface area (Å²) in [4.78, 5) is 22.0. The van der Waals surface area contributed by atoms with E-state index >= 15 is 0 Å². The molecule has 3 rings (SSSR count). The predicted octanol–water partition coefficient (Wildman–Crippen LogP) is 2.29. The summed E-state index contributed by atoms with van der Waals surface area (Å²) in [5.74, 6) is -1.08. The average molecular weight is 443 g/mol. The van der Waals surface area contributed by atoms with Gasteiger partial charge in [0, 0.05) is 50.0 Å². The first-order valence-electron chi connectivity index (χ1n) is 10.4. The summed E-state index contributed by atoms with van der Waals surface area (Å²) in [6, 6.07) is 11.1. The fraction of sp³-hybridized carbons (Fsp3) is 0.409. The molecule has 2 atom stereocenters. The molecule has 10 heteroatoms. The number of nitro benzene ring substituents is 1. The Morgan fingerprint density at radius 3 is 2.38 bits per heavy atom. The van der Waals surface area contributed by atoms with Crippen LogP contribution in [0.1, 0.15) is 38.1 Å².